The number of benzene rings is 2. The van der Waals surface area contributed by atoms with E-state index in [0.29, 0.717) is 38.3 Å². The van der Waals surface area contributed by atoms with Gasteiger partial charge in [0, 0.05) is 44.0 Å². The van der Waals surface area contributed by atoms with Crippen LogP contribution < -0.4 is 15.5 Å². The van der Waals surface area contributed by atoms with Crippen molar-refractivity contribution >= 4 is 17.6 Å². The van der Waals surface area contributed by atoms with Gasteiger partial charge in [0.2, 0.25) is 0 Å². The highest BCUT2D eigenvalue weighted by Crippen LogP contribution is 2.26. The van der Waals surface area contributed by atoms with Crippen LogP contribution in [0.25, 0.3) is 0 Å². The zero-order valence-corrected chi connectivity index (χ0v) is 14.8. The molecule has 2 fully saturated rings. The molecule has 2 saturated heterocycles. The third kappa shape index (κ3) is 3.50. The van der Waals surface area contributed by atoms with Gasteiger partial charge in [-0.05, 0) is 42.0 Å². The van der Waals surface area contributed by atoms with Crippen molar-refractivity contribution in [2.45, 2.75) is 6.04 Å². The van der Waals surface area contributed by atoms with Gasteiger partial charge in [-0.15, -0.1) is 0 Å². The average molecular weight is 368 g/mol. The molecule has 0 aromatic heterocycles. The van der Waals surface area contributed by atoms with Gasteiger partial charge in [0.25, 0.3) is 5.91 Å². The van der Waals surface area contributed by atoms with E-state index in [-0.39, 0.29) is 23.8 Å². The Hall–Kier alpha value is -2.93. The van der Waals surface area contributed by atoms with E-state index in [9.17, 15) is 14.0 Å². The molecule has 0 saturated carbocycles. The Morgan fingerprint density at radius 3 is 2.59 bits per heavy atom. The molecule has 2 aromatic carbocycles. The summed E-state index contributed by atoms with van der Waals surface area (Å²) in [4.78, 5) is 28.3. The summed E-state index contributed by atoms with van der Waals surface area (Å²) >= 11 is 0. The van der Waals surface area contributed by atoms with Gasteiger partial charge in [-0.3, -0.25) is 9.69 Å². The lowest BCUT2D eigenvalue weighted by Gasteiger charge is -2.36. The van der Waals surface area contributed by atoms with E-state index in [4.69, 9.17) is 0 Å². The number of nitrogens with one attached hydrogen (secondary N) is 2. The minimum absolute atomic E-state index is 0.0943. The summed E-state index contributed by atoms with van der Waals surface area (Å²) in [6.45, 7) is 3.07. The monoisotopic (exact) mass is 368 g/mol. The topological polar surface area (TPSA) is 64.7 Å². The van der Waals surface area contributed by atoms with Gasteiger partial charge in [-0.25, -0.2) is 9.18 Å². The predicted molar refractivity (Wildman–Crippen MR) is 100 cm³/mol. The van der Waals surface area contributed by atoms with Crippen molar-refractivity contribution in [2.24, 2.45) is 0 Å². The van der Waals surface area contributed by atoms with Crippen molar-refractivity contribution in [3.05, 3.63) is 65.5 Å². The number of nitrogens with zero attached hydrogens (tertiary/aromatic N) is 2. The van der Waals surface area contributed by atoms with Crippen LogP contribution >= 0.6 is 0 Å². The first kappa shape index (κ1) is 17.5. The maximum atomic E-state index is 13.6. The Morgan fingerprint density at radius 2 is 1.89 bits per heavy atom. The molecule has 7 heteroatoms. The normalized spacial score (nSPS) is 19.9. The Bertz CT molecular complexity index is 855. The SMILES string of the molecule is O=C1NCCN1c1ccc(C(=O)N2CCNCC2c2cccc(F)c2)cc1. The fourth-order valence-corrected chi connectivity index (χ4v) is 3.63. The van der Waals surface area contributed by atoms with E-state index in [1.54, 1.807) is 40.1 Å². The van der Waals surface area contributed by atoms with Crippen LogP contribution in [0.1, 0.15) is 22.0 Å². The first-order valence-corrected chi connectivity index (χ1v) is 9.06. The van der Waals surface area contributed by atoms with Crippen molar-refractivity contribution in [1.29, 1.82) is 0 Å². The predicted octanol–water partition coefficient (Wildman–Crippen LogP) is 2.14. The van der Waals surface area contributed by atoms with E-state index in [2.05, 4.69) is 10.6 Å². The minimum atomic E-state index is -0.307. The Morgan fingerprint density at radius 1 is 1.07 bits per heavy atom. The molecule has 2 N–H and O–H groups in total. The molecule has 3 amide bonds. The van der Waals surface area contributed by atoms with E-state index < -0.39 is 0 Å². The smallest absolute Gasteiger partial charge is 0.321 e. The van der Waals surface area contributed by atoms with Gasteiger partial charge in [0.15, 0.2) is 0 Å². The van der Waals surface area contributed by atoms with Crippen molar-refractivity contribution in [1.82, 2.24) is 15.5 Å². The van der Waals surface area contributed by atoms with E-state index in [0.717, 1.165) is 11.3 Å². The second-order valence-corrected chi connectivity index (χ2v) is 6.70. The third-order valence-corrected chi connectivity index (χ3v) is 5.02. The first-order valence-electron chi connectivity index (χ1n) is 9.06. The lowest BCUT2D eigenvalue weighted by Crippen LogP contribution is -2.48. The summed E-state index contributed by atoms with van der Waals surface area (Å²) in [6, 6.07) is 13.1. The van der Waals surface area contributed by atoms with Crippen molar-refractivity contribution < 1.29 is 14.0 Å². The third-order valence-electron chi connectivity index (χ3n) is 5.02. The first-order chi connectivity index (χ1) is 13.1. The standard InChI is InChI=1S/C20H21FN4O2/c21-16-3-1-2-15(12-16)18-13-22-8-10-25(18)19(26)14-4-6-17(7-5-14)24-11-9-23-20(24)27/h1-7,12,18,22H,8-11,13H2,(H,23,27). The number of piperazine rings is 1. The molecule has 1 atom stereocenters. The van der Waals surface area contributed by atoms with Crippen molar-refractivity contribution in [2.75, 3.05) is 37.6 Å². The second-order valence-electron chi connectivity index (χ2n) is 6.70. The van der Waals surface area contributed by atoms with Gasteiger partial charge < -0.3 is 15.5 Å². The summed E-state index contributed by atoms with van der Waals surface area (Å²) in [5, 5.41) is 6.03. The number of urea groups is 1. The summed E-state index contributed by atoms with van der Waals surface area (Å²) in [5.41, 5.74) is 2.10. The van der Waals surface area contributed by atoms with Crippen LogP contribution in [0.3, 0.4) is 0 Å². The van der Waals surface area contributed by atoms with Crippen LogP contribution in [-0.4, -0.2) is 49.6 Å². The van der Waals surface area contributed by atoms with Crippen LogP contribution in [-0.2, 0) is 0 Å². The van der Waals surface area contributed by atoms with Crippen LogP contribution in [0.2, 0.25) is 0 Å². The summed E-state index contributed by atoms with van der Waals surface area (Å²) in [7, 11) is 0. The Balaban J connectivity index is 1.56. The molecule has 6 nitrogen and oxygen atoms in total. The minimum Gasteiger partial charge on any atom is -0.336 e. The number of hydrogen-bond acceptors (Lipinski definition) is 3. The number of amides is 3. The highest BCUT2D eigenvalue weighted by atomic mass is 19.1. The number of carbonyl (C=O) groups excluding carboxylic acids is 2. The Kier molecular flexibility index (Phi) is 4.77. The van der Waals surface area contributed by atoms with Crippen LogP contribution in [0, 0.1) is 5.82 Å². The summed E-state index contributed by atoms with van der Waals surface area (Å²) in [5.74, 6) is -0.401. The molecule has 0 aliphatic carbocycles. The molecule has 2 heterocycles. The molecule has 27 heavy (non-hydrogen) atoms. The van der Waals surface area contributed by atoms with Gasteiger partial charge in [-0.2, -0.15) is 0 Å². The maximum absolute atomic E-state index is 13.6. The second kappa shape index (κ2) is 7.36. The quantitative estimate of drug-likeness (QED) is 0.873. The molecule has 2 aliphatic rings. The number of carbonyl (C=O) groups is 2. The number of anilines is 1. The summed E-state index contributed by atoms with van der Waals surface area (Å²) < 4.78 is 13.6. The Labute approximate surface area is 157 Å². The van der Waals surface area contributed by atoms with Crippen LogP contribution in [0.4, 0.5) is 14.9 Å². The van der Waals surface area contributed by atoms with Crippen molar-refractivity contribution in [3.8, 4) is 0 Å². The number of halogens is 1. The molecule has 0 radical (unpaired) electrons. The fraction of sp³-hybridized carbons (Fsp3) is 0.300. The van der Waals surface area contributed by atoms with Gasteiger partial charge in [-0.1, -0.05) is 12.1 Å². The van der Waals surface area contributed by atoms with E-state index in [1.165, 1.54) is 12.1 Å². The number of rotatable bonds is 3. The molecular weight excluding hydrogens is 347 g/mol. The molecule has 1 unspecified atom stereocenters. The van der Waals surface area contributed by atoms with E-state index >= 15 is 0 Å². The molecule has 4 rings (SSSR count). The maximum Gasteiger partial charge on any atom is 0.321 e. The fourth-order valence-electron chi connectivity index (χ4n) is 3.63. The zero-order chi connectivity index (χ0) is 18.8. The van der Waals surface area contributed by atoms with Crippen LogP contribution in [0.15, 0.2) is 48.5 Å². The molecule has 140 valence electrons. The summed E-state index contributed by atoms with van der Waals surface area (Å²) in [6.07, 6.45) is 0. The van der Waals surface area contributed by atoms with E-state index in [1.807, 2.05) is 6.07 Å². The van der Waals surface area contributed by atoms with Gasteiger partial charge >= 0.3 is 6.03 Å². The molecular formula is C20H21FN4O2. The lowest BCUT2D eigenvalue weighted by atomic mass is 10.0. The average Bonchev–Trinajstić information content (AvgIpc) is 3.13. The molecule has 0 spiro atoms. The van der Waals surface area contributed by atoms with Crippen LogP contribution in [0.5, 0.6) is 0 Å². The van der Waals surface area contributed by atoms with Gasteiger partial charge in [0.1, 0.15) is 5.82 Å². The molecule has 2 aliphatic heterocycles. The largest absolute Gasteiger partial charge is 0.336 e. The lowest BCUT2D eigenvalue weighted by molar-refractivity contribution is 0.0634. The highest BCUT2D eigenvalue weighted by molar-refractivity contribution is 5.97. The zero-order valence-electron chi connectivity index (χ0n) is 14.8. The number of hydrogen-bond donors (Lipinski definition) is 2. The molecule has 0 bridgehead atoms. The van der Waals surface area contributed by atoms with Gasteiger partial charge in [0.05, 0.1) is 6.04 Å². The highest BCUT2D eigenvalue weighted by Gasteiger charge is 2.29. The molecule has 2 aromatic rings. The van der Waals surface area contributed by atoms with Crippen molar-refractivity contribution in [3.63, 3.8) is 0 Å².